The fourth-order valence-corrected chi connectivity index (χ4v) is 3.44. The second kappa shape index (κ2) is 7.01. The lowest BCUT2D eigenvalue weighted by molar-refractivity contribution is 0.627. The Balaban J connectivity index is 1.81. The fraction of sp³-hybridized carbons (Fsp3) is 0.238. The van der Waals surface area contributed by atoms with Gasteiger partial charge < -0.3 is 5.32 Å². The van der Waals surface area contributed by atoms with E-state index in [1.165, 1.54) is 17.7 Å². The molecule has 1 N–H and O–H groups in total. The standard InChI is InChI=1S/C21H19FN4/c22-17-10-8-15(9-11-17)13-19-18-6-3-4-12-24-21(18)26(25-19)20-7-2-1-5-16(20)14-23/h1-2,5,7-11,24H,3-4,6,12-13H2. The number of hydrogen-bond acceptors (Lipinski definition) is 3. The van der Waals surface area contributed by atoms with Crippen LogP contribution in [0.25, 0.3) is 5.69 Å². The molecule has 2 heterocycles. The summed E-state index contributed by atoms with van der Waals surface area (Å²) in [4.78, 5) is 0. The molecule has 0 bridgehead atoms. The zero-order valence-corrected chi connectivity index (χ0v) is 14.4. The van der Waals surface area contributed by atoms with Crippen molar-refractivity contribution in [2.24, 2.45) is 0 Å². The van der Waals surface area contributed by atoms with E-state index in [2.05, 4.69) is 11.4 Å². The molecule has 0 radical (unpaired) electrons. The Hall–Kier alpha value is -3.13. The highest BCUT2D eigenvalue weighted by molar-refractivity contribution is 5.58. The number of aromatic nitrogens is 2. The Kier molecular flexibility index (Phi) is 4.40. The molecule has 0 saturated heterocycles. The first kappa shape index (κ1) is 16.3. The number of fused-ring (bicyclic) bond motifs is 1. The third-order valence-corrected chi connectivity index (χ3v) is 4.75. The summed E-state index contributed by atoms with van der Waals surface area (Å²) in [5.41, 5.74) is 4.58. The van der Waals surface area contributed by atoms with E-state index in [1.807, 2.05) is 22.9 Å². The summed E-state index contributed by atoms with van der Waals surface area (Å²) >= 11 is 0. The van der Waals surface area contributed by atoms with Gasteiger partial charge in [-0.15, -0.1) is 0 Å². The fourth-order valence-electron chi connectivity index (χ4n) is 3.44. The summed E-state index contributed by atoms with van der Waals surface area (Å²) in [6.45, 7) is 0.892. The molecular formula is C21H19FN4. The van der Waals surface area contributed by atoms with Crippen LogP contribution in [0.1, 0.15) is 35.2 Å². The van der Waals surface area contributed by atoms with Crippen LogP contribution in [-0.2, 0) is 12.8 Å². The van der Waals surface area contributed by atoms with Gasteiger partial charge in [0.2, 0.25) is 0 Å². The first-order valence-corrected chi connectivity index (χ1v) is 8.85. The first-order chi connectivity index (χ1) is 12.8. The molecule has 0 amide bonds. The number of anilines is 1. The van der Waals surface area contributed by atoms with Crippen LogP contribution in [0.15, 0.2) is 48.5 Å². The van der Waals surface area contributed by atoms with Crippen LogP contribution in [0.3, 0.4) is 0 Å². The number of halogens is 1. The Morgan fingerprint density at radius 2 is 1.92 bits per heavy atom. The first-order valence-electron chi connectivity index (χ1n) is 8.85. The third kappa shape index (κ3) is 3.06. The zero-order valence-electron chi connectivity index (χ0n) is 14.4. The smallest absolute Gasteiger partial charge is 0.133 e. The van der Waals surface area contributed by atoms with Crippen molar-refractivity contribution in [3.8, 4) is 11.8 Å². The van der Waals surface area contributed by atoms with Crippen LogP contribution >= 0.6 is 0 Å². The third-order valence-electron chi connectivity index (χ3n) is 4.75. The summed E-state index contributed by atoms with van der Waals surface area (Å²) < 4.78 is 15.1. The van der Waals surface area contributed by atoms with Crippen molar-refractivity contribution in [2.45, 2.75) is 25.7 Å². The average molecular weight is 346 g/mol. The van der Waals surface area contributed by atoms with Gasteiger partial charge in [0, 0.05) is 18.5 Å². The molecule has 5 heteroatoms. The molecule has 3 aromatic rings. The monoisotopic (exact) mass is 346 g/mol. The van der Waals surface area contributed by atoms with Gasteiger partial charge in [-0.3, -0.25) is 0 Å². The van der Waals surface area contributed by atoms with E-state index in [9.17, 15) is 9.65 Å². The Morgan fingerprint density at radius 1 is 1.12 bits per heavy atom. The maximum absolute atomic E-state index is 13.2. The number of nitrogens with zero attached hydrogens (tertiary/aromatic N) is 3. The van der Waals surface area contributed by atoms with Crippen molar-refractivity contribution in [3.63, 3.8) is 0 Å². The van der Waals surface area contributed by atoms with Crippen LogP contribution in [-0.4, -0.2) is 16.3 Å². The van der Waals surface area contributed by atoms with Gasteiger partial charge in [-0.05, 0) is 49.1 Å². The Labute approximate surface area is 151 Å². The number of para-hydroxylation sites is 1. The van der Waals surface area contributed by atoms with E-state index in [1.54, 1.807) is 18.2 Å². The maximum Gasteiger partial charge on any atom is 0.133 e. The summed E-state index contributed by atoms with van der Waals surface area (Å²) in [6, 6.07) is 16.3. The molecule has 0 saturated carbocycles. The van der Waals surface area contributed by atoms with Crippen LogP contribution in [0.4, 0.5) is 10.2 Å². The number of nitriles is 1. The highest BCUT2D eigenvalue weighted by Gasteiger charge is 2.21. The van der Waals surface area contributed by atoms with Gasteiger partial charge in [-0.25, -0.2) is 9.07 Å². The number of benzene rings is 2. The lowest BCUT2D eigenvalue weighted by atomic mass is 10.0. The second-order valence-electron chi connectivity index (χ2n) is 6.50. The normalized spacial score (nSPS) is 13.4. The van der Waals surface area contributed by atoms with Gasteiger partial charge in [0.15, 0.2) is 0 Å². The molecule has 26 heavy (non-hydrogen) atoms. The molecule has 130 valence electrons. The predicted molar refractivity (Wildman–Crippen MR) is 98.9 cm³/mol. The Morgan fingerprint density at radius 3 is 2.73 bits per heavy atom. The van der Waals surface area contributed by atoms with E-state index in [4.69, 9.17) is 5.10 Å². The molecule has 1 aromatic heterocycles. The number of rotatable bonds is 3. The van der Waals surface area contributed by atoms with E-state index in [0.717, 1.165) is 48.6 Å². The topological polar surface area (TPSA) is 53.6 Å². The molecule has 0 unspecified atom stereocenters. The molecule has 0 spiro atoms. The van der Waals surface area contributed by atoms with Gasteiger partial charge in [0.25, 0.3) is 0 Å². The molecular weight excluding hydrogens is 327 g/mol. The quantitative estimate of drug-likeness (QED) is 0.772. The summed E-state index contributed by atoms with van der Waals surface area (Å²) in [5.74, 6) is 0.741. The number of hydrogen-bond donors (Lipinski definition) is 1. The van der Waals surface area contributed by atoms with Crippen LogP contribution < -0.4 is 5.32 Å². The molecule has 0 aliphatic carbocycles. The number of nitrogens with one attached hydrogen (secondary N) is 1. The highest BCUT2D eigenvalue weighted by atomic mass is 19.1. The zero-order chi connectivity index (χ0) is 17.9. The summed E-state index contributed by atoms with van der Waals surface area (Å²) in [6.07, 6.45) is 3.80. The lowest BCUT2D eigenvalue weighted by Crippen LogP contribution is -2.08. The average Bonchev–Trinajstić information content (AvgIpc) is 2.84. The van der Waals surface area contributed by atoms with Crippen LogP contribution in [0.2, 0.25) is 0 Å². The van der Waals surface area contributed by atoms with Crippen molar-refractivity contribution >= 4 is 5.82 Å². The molecule has 1 aliphatic heterocycles. The van der Waals surface area contributed by atoms with E-state index in [0.29, 0.717) is 12.0 Å². The van der Waals surface area contributed by atoms with E-state index < -0.39 is 0 Å². The summed E-state index contributed by atoms with van der Waals surface area (Å²) in [7, 11) is 0. The largest absolute Gasteiger partial charge is 0.370 e. The van der Waals surface area contributed by atoms with Crippen LogP contribution in [0, 0.1) is 17.1 Å². The Bertz CT molecular complexity index is 967. The minimum atomic E-state index is -0.234. The van der Waals surface area contributed by atoms with Crippen molar-refractivity contribution in [2.75, 3.05) is 11.9 Å². The molecule has 2 aromatic carbocycles. The molecule has 0 fully saturated rings. The van der Waals surface area contributed by atoms with Gasteiger partial charge in [-0.1, -0.05) is 24.3 Å². The van der Waals surface area contributed by atoms with Crippen LogP contribution in [0.5, 0.6) is 0 Å². The molecule has 0 atom stereocenters. The van der Waals surface area contributed by atoms with Gasteiger partial charge >= 0.3 is 0 Å². The molecule has 1 aliphatic rings. The second-order valence-corrected chi connectivity index (χ2v) is 6.50. The van der Waals surface area contributed by atoms with Crippen molar-refractivity contribution in [1.82, 2.24) is 9.78 Å². The van der Waals surface area contributed by atoms with Crippen molar-refractivity contribution < 1.29 is 4.39 Å². The molecule has 4 rings (SSSR count). The highest BCUT2D eigenvalue weighted by Crippen LogP contribution is 2.30. The minimum absolute atomic E-state index is 0.234. The minimum Gasteiger partial charge on any atom is -0.370 e. The molecule has 4 nitrogen and oxygen atoms in total. The van der Waals surface area contributed by atoms with Gasteiger partial charge in [-0.2, -0.15) is 10.4 Å². The summed E-state index contributed by atoms with van der Waals surface area (Å²) in [5, 5.41) is 17.8. The predicted octanol–water partition coefficient (Wildman–Crippen LogP) is 4.22. The maximum atomic E-state index is 13.2. The lowest BCUT2D eigenvalue weighted by Gasteiger charge is -2.10. The van der Waals surface area contributed by atoms with Gasteiger partial charge in [0.05, 0.1) is 16.9 Å². The van der Waals surface area contributed by atoms with Crippen molar-refractivity contribution in [3.05, 3.63) is 76.7 Å². The SMILES string of the molecule is N#Cc1ccccc1-n1nc(Cc2ccc(F)cc2)c2c1NCCCC2. The van der Waals surface area contributed by atoms with Gasteiger partial charge in [0.1, 0.15) is 17.7 Å². The van der Waals surface area contributed by atoms with E-state index >= 15 is 0 Å². The van der Waals surface area contributed by atoms with Crippen molar-refractivity contribution in [1.29, 1.82) is 5.26 Å². The van der Waals surface area contributed by atoms with E-state index in [-0.39, 0.29) is 5.82 Å².